The average molecular weight is 483 g/mol. The maximum atomic E-state index is 10.4. The molecular formula is C30H46N2O3. The van der Waals surface area contributed by atoms with Gasteiger partial charge in [0.2, 0.25) is 0 Å². The smallest absolute Gasteiger partial charge is 0.119 e. The van der Waals surface area contributed by atoms with E-state index in [1.54, 1.807) is 0 Å². The first kappa shape index (κ1) is 27.7. The summed E-state index contributed by atoms with van der Waals surface area (Å²) >= 11 is 0. The van der Waals surface area contributed by atoms with Gasteiger partial charge in [-0.25, -0.2) is 0 Å². The number of hydrogen-bond acceptors (Lipinski definition) is 5. The van der Waals surface area contributed by atoms with E-state index in [9.17, 15) is 5.11 Å². The minimum Gasteiger partial charge on any atom is -0.491 e. The van der Waals surface area contributed by atoms with Crippen molar-refractivity contribution in [2.24, 2.45) is 5.41 Å². The molecule has 194 valence electrons. The maximum absolute atomic E-state index is 10.4. The van der Waals surface area contributed by atoms with E-state index in [1.807, 2.05) is 12.1 Å². The first-order chi connectivity index (χ1) is 16.6. The number of β-amino-alcohol motifs (C(OH)–C–C–N with tert-alkyl or cyclic N) is 1. The van der Waals surface area contributed by atoms with Crippen molar-refractivity contribution in [3.63, 3.8) is 0 Å². The second-order valence-corrected chi connectivity index (χ2v) is 11.8. The number of rotatable bonds is 12. The van der Waals surface area contributed by atoms with Crippen LogP contribution in [0.2, 0.25) is 0 Å². The fourth-order valence-corrected chi connectivity index (χ4v) is 5.19. The highest BCUT2D eigenvalue weighted by atomic mass is 16.5. The SMILES string of the molecule is CC(C)(C)CC(C)(C)c1ccc(OCCOCC(O)CN2CCN(Cc3ccccc3)CC2)cc1. The summed E-state index contributed by atoms with van der Waals surface area (Å²) in [5, 5.41) is 10.4. The van der Waals surface area contributed by atoms with Gasteiger partial charge in [-0.2, -0.15) is 0 Å². The van der Waals surface area contributed by atoms with Crippen molar-refractivity contribution in [3.8, 4) is 5.75 Å². The van der Waals surface area contributed by atoms with Crippen LogP contribution in [0.25, 0.3) is 0 Å². The number of aliphatic hydroxyl groups is 1. The van der Waals surface area contributed by atoms with Gasteiger partial charge in [-0.1, -0.05) is 77.1 Å². The maximum Gasteiger partial charge on any atom is 0.119 e. The molecule has 1 aliphatic heterocycles. The Bertz CT molecular complexity index is 853. The highest BCUT2D eigenvalue weighted by molar-refractivity contribution is 5.31. The quantitative estimate of drug-likeness (QED) is 0.433. The summed E-state index contributed by atoms with van der Waals surface area (Å²) in [5.41, 5.74) is 3.11. The van der Waals surface area contributed by atoms with E-state index in [-0.39, 0.29) is 10.8 Å². The zero-order chi connectivity index (χ0) is 25.3. The molecule has 2 aromatic rings. The number of aliphatic hydroxyl groups excluding tert-OH is 1. The molecule has 1 heterocycles. The van der Waals surface area contributed by atoms with Crippen molar-refractivity contribution < 1.29 is 14.6 Å². The van der Waals surface area contributed by atoms with Gasteiger partial charge >= 0.3 is 0 Å². The molecule has 0 amide bonds. The zero-order valence-electron chi connectivity index (χ0n) is 22.5. The van der Waals surface area contributed by atoms with Crippen LogP contribution in [0, 0.1) is 5.41 Å². The predicted molar refractivity (Wildman–Crippen MR) is 144 cm³/mol. The van der Waals surface area contributed by atoms with Crippen LogP contribution < -0.4 is 4.74 Å². The van der Waals surface area contributed by atoms with E-state index in [4.69, 9.17) is 9.47 Å². The van der Waals surface area contributed by atoms with E-state index in [0.717, 1.165) is 44.9 Å². The minimum atomic E-state index is -0.472. The lowest BCUT2D eigenvalue weighted by atomic mass is 9.72. The first-order valence-corrected chi connectivity index (χ1v) is 13.1. The van der Waals surface area contributed by atoms with Gasteiger partial charge in [0.25, 0.3) is 0 Å². The van der Waals surface area contributed by atoms with Crippen LogP contribution in [0.15, 0.2) is 54.6 Å². The molecule has 5 nitrogen and oxygen atoms in total. The second kappa shape index (κ2) is 12.9. The third-order valence-electron chi connectivity index (χ3n) is 6.60. The molecule has 0 bridgehead atoms. The first-order valence-electron chi connectivity index (χ1n) is 13.1. The third kappa shape index (κ3) is 9.92. The third-order valence-corrected chi connectivity index (χ3v) is 6.60. The van der Waals surface area contributed by atoms with E-state index in [1.165, 1.54) is 11.1 Å². The van der Waals surface area contributed by atoms with Gasteiger partial charge in [0.1, 0.15) is 12.4 Å². The molecule has 0 spiro atoms. The predicted octanol–water partition coefficient (Wildman–Crippen LogP) is 4.97. The zero-order valence-corrected chi connectivity index (χ0v) is 22.5. The minimum absolute atomic E-state index is 0.130. The Hall–Kier alpha value is -1.92. The summed E-state index contributed by atoms with van der Waals surface area (Å²) in [7, 11) is 0. The molecule has 1 fully saturated rings. The Labute approximate surface area is 213 Å². The van der Waals surface area contributed by atoms with Crippen LogP contribution in [-0.2, 0) is 16.7 Å². The van der Waals surface area contributed by atoms with Crippen LogP contribution >= 0.6 is 0 Å². The molecule has 2 aromatic carbocycles. The van der Waals surface area contributed by atoms with E-state index in [2.05, 4.69) is 86.9 Å². The standard InChI is InChI=1S/C30H46N2O3/c1-29(2,3)24-30(4,5)26-11-13-28(14-12-26)35-20-19-34-23-27(33)22-32-17-15-31(16-18-32)21-25-9-7-6-8-10-25/h6-14,27,33H,15-24H2,1-5H3. The molecule has 0 aromatic heterocycles. The highest BCUT2D eigenvalue weighted by Crippen LogP contribution is 2.36. The summed E-state index contributed by atoms with van der Waals surface area (Å²) in [6.45, 7) is 18.4. The van der Waals surface area contributed by atoms with E-state index in [0.29, 0.717) is 26.4 Å². The summed E-state index contributed by atoms with van der Waals surface area (Å²) < 4.78 is 11.5. The Morgan fingerprint density at radius 1 is 0.829 bits per heavy atom. The Morgan fingerprint density at radius 3 is 2.09 bits per heavy atom. The van der Waals surface area contributed by atoms with Crippen LogP contribution in [0.3, 0.4) is 0 Å². The lowest BCUT2D eigenvalue weighted by molar-refractivity contribution is -0.000437. The number of benzene rings is 2. The Morgan fingerprint density at radius 2 is 1.46 bits per heavy atom. The molecule has 1 N–H and O–H groups in total. The van der Waals surface area contributed by atoms with Crippen LogP contribution in [0.5, 0.6) is 5.75 Å². The van der Waals surface area contributed by atoms with Crippen LogP contribution in [-0.4, -0.2) is 73.6 Å². The molecule has 1 saturated heterocycles. The van der Waals surface area contributed by atoms with Crippen molar-refractivity contribution in [1.82, 2.24) is 9.80 Å². The number of ether oxygens (including phenoxy) is 2. The summed E-state index contributed by atoms with van der Waals surface area (Å²) in [4.78, 5) is 4.80. The fourth-order valence-electron chi connectivity index (χ4n) is 5.19. The highest BCUT2D eigenvalue weighted by Gasteiger charge is 2.27. The average Bonchev–Trinajstić information content (AvgIpc) is 2.80. The molecule has 0 aliphatic carbocycles. The number of hydrogen-bond donors (Lipinski definition) is 1. The largest absolute Gasteiger partial charge is 0.491 e. The molecule has 1 aliphatic rings. The number of nitrogens with zero attached hydrogens (tertiary/aromatic N) is 2. The van der Waals surface area contributed by atoms with E-state index < -0.39 is 6.10 Å². The molecule has 1 unspecified atom stereocenters. The van der Waals surface area contributed by atoms with Gasteiger partial charge in [-0.05, 0) is 40.5 Å². The van der Waals surface area contributed by atoms with Gasteiger partial charge in [-0.3, -0.25) is 9.80 Å². The molecular weight excluding hydrogens is 436 g/mol. The number of piperazine rings is 1. The Kier molecular flexibility index (Phi) is 10.2. The van der Waals surface area contributed by atoms with Crippen molar-refractivity contribution in [2.75, 3.05) is 52.5 Å². The Balaban J connectivity index is 1.27. The normalized spacial score (nSPS) is 16.9. The van der Waals surface area contributed by atoms with Crippen molar-refractivity contribution in [3.05, 3.63) is 65.7 Å². The molecule has 5 heteroatoms. The van der Waals surface area contributed by atoms with Crippen molar-refractivity contribution >= 4 is 0 Å². The molecule has 0 radical (unpaired) electrons. The lowest BCUT2D eigenvalue weighted by Gasteiger charge is -2.35. The fraction of sp³-hybridized carbons (Fsp3) is 0.600. The van der Waals surface area contributed by atoms with Gasteiger partial charge in [0.15, 0.2) is 0 Å². The van der Waals surface area contributed by atoms with Gasteiger partial charge < -0.3 is 14.6 Å². The molecule has 1 atom stereocenters. The summed E-state index contributed by atoms with van der Waals surface area (Å²) in [6, 6.07) is 19.1. The van der Waals surface area contributed by atoms with Crippen molar-refractivity contribution in [2.45, 2.75) is 59.1 Å². The van der Waals surface area contributed by atoms with Crippen LogP contribution in [0.1, 0.15) is 52.2 Å². The van der Waals surface area contributed by atoms with Gasteiger partial charge in [-0.15, -0.1) is 0 Å². The topological polar surface area (TPSA) is 45.2 Å². The van der Waals surface area contributed by atoms with E-state index >= 15 is 0 Å². The van der Waals surface area contributed by atoms with Crippen LogP contribution in [0.4, 0.5) is 0 Å². The molecule has 3 rings (SSSR count). The van der Waals surface area contributed by atoms with Crippen molar-refractivity contribution in [1.29, 1.82) is 0 Å². The van der Waals surface area contributed by atoms with Gasteiger partial charge in [0, 0.05) is 39.3 Å². The lowest BCUT2D eigenvalue weighted by Crippen LogP contribution is -2.48. The molecule has 35 heavy (non-hydrogen) atoms. The molecule has 0 saturated carbocycles. The second-order valence-electron chi connectivity index (χ2n) is 11.8. The van der Waals surface area contributed by atoms with Gasteiger partial charge in [0.05, 0.1) is 19.3 Å². The summed E-state index contributed by atoms with van der Waals surface area (Å²) in [6.07, 6.45) is 0.653. The summed E-state index contributed by atoms with van der Waals surface area (Å²) in [5.74, 6) is 0.859. The monoisotopic (exact) mass is 482 g/mol.